The lowest BCUT2D eigenvalue weighted by molar-refractivity contribution is -0.384. The van der Waals surface area contributed by atoms with Crippen molar-refractivity contribution in [3.05, 3.63) is 87.9 Å². The van der Waals surface area contributed by atoms with Crippen LogP contribution in [0.2, 0.25) is 0 Å². The first-order valence-corrected chi connectivity index (χ1v) is 7.92. The smallest absolute Gasteiger partial charge is 0.269 e. The number of furan rings is 1. The molecule has 1 amide bonds. The Hall–Kier alpha value is -3.81. The molecule has 27 heavy (non-hydrogen) atoms. The highest BCUT2D eigenvalue weighted by Gasteiger charge is 2.08. The summed E-state index contributed by atoms with van der Waals surface area (Å²) in [5.74, 6) is 0.216. The number of halogens is 1. The van der Waals surface area contributed by atoms with E-state index >= 15 is 0 Å². The Bertz CT molecular complexity index is 979. The van der Waals surface area contributed by atoms with Crippen LogP contribution in [0.15, 0.2) is 70.2 Å². The minimum absolute atomic E-state index is 0.00374. The summed E-state index contributed by atoms with van der Waals surface area (Å²) in [7, 11) is 0. The van der Waals surface area contributed by atoms with Gasteiger partial charge in [-0.25, -0.2) is 9.82 Å². The number of nitro benzene ring substituents is 1. The zero-order valence-corrected chi connectivity index (χ0v) is 14.0. The highest BCUT2D eigenvalue weighted by atomic mass is 19.1. The van der Waals surface area contributed by atoms with Gasteiger partial charge in [0.25, 0.3) is 5.69 Å². The molecule has 0 saturated heterocycles. The van der Waals surface area contributed by atoms with E-state index in [1.54, 1.807) is 24.3 Å². The molecule has 0 aliphatic rings. The van der Waals surface area contributed by atoms with Crippen LogP contribution in [-0.4, -0.2) is 17.0 Å². The molecule has 1 N–H and O–H groups in total. The van der Waals surface area contributed by atoms with E-state index in [1.165, 1.54) is 42.6 Å². The first-order valence-electron chi connectivity index (χ1n) is 7.92. The van der Waals surface area contributed by atoms with Gasteiger partial charge < -0.3 is 4.42 Å². The van der Waals surface area contributed by atoms with E-state index in [9.17, 15) is 19.3 Å². The van der Waals surface area contributed by atoms with Crippen LogP contribution in [0.5, 0.6) is 0 Å². The van der Waals surface area contributed by atoms with Crippen molar-refractivity contribution >= 4 is 17.8 Å². The molecule has 0 atom stereocenters. The lowest BCUT2D eigenvalue weighted by atomic mass is 10.1. The third-order valence-corrected chi connectivity index (χ3v) is 3.65. The molecule has 136 valence electrons. The number of nitrogens with one attached hydrogen (secondary N) is 1. The SMILES string of the molecule is O=C(Cc1ccc(F)cc1)N/N=C/c1ccc(-c2ccc([N+](=O)[O-])cc2)o1. The third-order valence-electron chi connectivity index (χ3n) is 3.65. The number of nitro groups is 1. The maximum atomic E-state index is 12.8. The summed E-state index contributed by atoms with van der Waals surface area (Å²) >= 11 is 0. The highest BCUT2D eigenvalue weighted by Crippen LogP contribution is 2.23. The van der Waals surface area contributed by atoms with Gasteiger partial charge in [-0.1, -0.05) is 12.1 Å². The molecule has 8 heteroatoms. The maximum absolute atomic E-state index is 12.8. The van der Waals surface area contributed by atoms with Gasteiger partial charge >= 0.3 is 0 Å². The van der Waals surface area contributed by atoms with Gasteiger partial charge in [0.2, 0.25) is 5.91 Å². The lowest BCUT2D eigenvalue weighted by Crippen LogP contribution is -2.19. The van der Waals surface area contributed by atoms with Gasteiger partial charge in [-0.3, -0.25) is 14.9 Å². The van der Waals surface area contributed by atoms with Crippen LogP contribution in [0.4, 0.5) is 10.1 Å². The summed E-state index contributed by atoms with van der Waals surface area (Å²) in [6, 6.07) is 14.9. The fraction of sp³-hybridized carbons (Fsp3) is 0.0526. The van der Waals surface area contributed by atoms with Crippen molar-refractivity contribution in [2.45, 2.75) is 6.42 Å². The second kappa shape index (κ2) is 8.05. The average Bonchev–Trinajstić information content (AvgIpc) is 3.12. The molecule has 0 fully saturated rings. The van der Waals surface area contributed by atoms with Gasteiger partial charge in [-0.15, -0.1) is 0 Å². The molecule has 0 radical (unpaired) electrons. The molecule has 7 nitrogen and oxygen atoms in total. The summed E-state index contributed by atoms with van der Waals surface area (Å²) < 4.78 is 18.4. The zero-order chi connectivity index (χ0) is 19.2. The summed E-state index contributed by atoms with van der Waals surface area (Å²) in [4.78, 5) is 22.0. The number of carbonyl (C=O) groups excluding carboxylic acids is 1. The lowest BCUT2D eigenvalue weighted by Gasteiger charge is -2.00. The molecule has 0 aliphatic heterocycles. The first-order chi connectivity index (χ1) is 13.0. The average molecular weight is 367 g/mol. The summed E-state index contributed by atoms with van der Waals surface area (Å²) in [6.07, 6.45) is 1.42. The van der Waals surface area contributed by atoms with Crippen LogP contribution in [0.1, 0.15) is 11.3 Å². The van der Waals surface area contributed by atoms with E-state index in [0.717, 1.165) is 0 Å². The summed E-state index contributed by atoms with van der Waals surface area (Å²) in [5, 5.41) is 14.5. The predicted molar refractivity (Wildman–Crippen MR) is 96.6 cm³/mol. The van der Waals surface area contributed by atoms with Crippen molar-refractivity contribution < 1.29 is 18.5 Å². The number of rotatable bonds is 6. The van der Waals surface area contributed by atoms with Crippen LogP contribution in [-0.2, 0) is 11.2 Å². The van der Waals surface area contributed by atoms with Crippen molar-refractivity contribution in [2.24, 2.45) is 5.10 Å². The number of carbonyl (C=O) groups is 1. The number of non-ortho nitro benzene ring substituents is 1. The van der Waals surface area contributed by atoms with Crippen LogP contribution in [0.25, 0.3) is 11.3 Å². The Morgan fingerprint density at radius 2 is 1.81 bits per heavy atom. The van der Waals surface area contributed by atoms with Crippen molar-refractivity contribution in [3.8, 4) is 11.3 Å². The van der Waals surface area contributed by atoms with Gasteiger partial charge in [0, 0.05) is 17.7 Å². The number of hydrogen-bond donors (Lipinski definition) is 1. The molecule has 3 aromatic rings. The maximum Gasteiger partial charge on any atom is 0.269 e. The molecule has 0 unspecified atom stereocenters. The summed E-state index contributed by atoms with van der Waals surface area (Å²) in [5.41, 5.74) is 3.71. The molecular weight excluding hydrogens is 353 g/mol. The van der Waals surface area contributed by atoms with E-state index in [2.05, 4.69) is 10.5 Å². The first kappa shape index (κ1) is 18.0. The molecule has 1 aromatic heterocycles. The van der Waals surface area contributed by atoms with Crippen LogP contribution in [0, 0.1) is 15.9 Å². The normalized spacial score (nSPS) is 10.9. The predicted octanol–water partition coefficient (Wildman–Crippen LogP) is 3.69. The van der Waals surface area contributed by atoms with E-state index in [0.29, 0.717) is 22.6 Å². The zero-order valence-electron chi connectivity index (χ0n) is 14.0. The number of nitrogens with zero attached hydrogens (tertiary/aromatic N) is 2. The van der Waals surface area contributed by atoms with Gasteiger partial charge in [0.05, 0.1) is 17.6 Å². The number of hydrazone groups is 1. The fourth-order valence-corrected chi connectivity index (χ4v) is 2.32. The minimum atomic E-state index is -0.474. The van der Waals surface area contributed by atoms with E-state index in [1.807, 2.05) is 0 Å². The molecule has 0 spiro atoms. The summed E-state index contributed by atoms with van der Waals surface area (Å²) in [6.45, 7) is 0. The Morgan fingerprint density at radius 3 is 2.48 bits per heavy atom. The molecule has 1 heterocycles. The number of hydrogen-bond acceptors (Lipinski definition) is 5. The van der Waals surface area contributed by atoms with Crippen LogP contribution < -0.4 is 5.43 Å². The quantitative estimate of drug-likeness (QED) is 0.408. The van der Waals surface area contributed by atoms with E-state index < -0.39 is 4.92 Å². The Balaban J connectivity index is 1.57. The van der Waals surface area contributed by atoms with Crippen molar-refractivity contribution in [1.29, 1.82) is 0 Å². The van der Waals surface area contributed by atoms with Gasteiger partial charge in [0.1, 0.15) is 17.3 Å². The Morgan fingerprint density at radius 1 is 1.11 bits per heavy atom. The monoisotopic (exact) mass is 367 g/mol. The van der Waals surface area contributed by atoms with E-state index in [-0.39, 0.29) is 23.8 Å². The Labute approximate surface area is 153 Å². The second-order valence-corrected chi connectivity index (χ2v) is 5.60. The standard InChI is InChI=1S/C19H14FN3O4/c20-15-5-1-13(2-6-15)11-19(24)22-21-12-17-9-10-18(27-17)14-3-7-16(8-4-14)23(25)26/h1-10,12H,11H2,(H,22,24)/b21-12+. The Kier molecular flexibility index (Phi) is 5.36. The van der Waals surface area contributed by atoms with Crippen molar-refractivity contribution in [3.63, 3.8) is 0 Å². The molecule has 3 rings (SSSR count). The second-order valence-electron chi connectivity index (χ2n) is 5.60. The fourth-order valence-electron chi connectivity index (χ4n) is 2.32. The number of amides is 1. The van der Waals surface area contributed by atoms with Gasteiger partial charge in [-0.2, -0.15) is 5.10 Å². The van der Waals surface area contributed by atoms with Gasteiger partial charge in [0.15, 0.2) is 0 Å². The van der Waals surface area contributed by atoms with Crippen LogP contribution in [0.3, 0.4) is 0 Å². The van der Waals surface area contributed by atoms with Gasteiger partial charge in [-0.05, 0) is 42.0 Å². The topological polar surface area (TPSA) is 97.7 Å². The third kappa shape index (κ3) is 4.85. The molecule has 0 saturated carbocycles. The molecular formula is C19H14FN3O4. The highest BCUT2D eigenvalue weighted by molar-refractivity contribution is 5.82. The molecule has 0 bridgehead atoms. The van der Waals surface area contributed by atoms with Crippen molar-refractivity contribution in [1.82, 2.24) is 5.43 Å². The van der Waals surface area contributed by atoms with Crippen LogP contribution >= 0.6 is 0 Å². The minimum Gasteiger partial charge on any atom is -0.455 e. The molecule has 2 aromatic carbocycles. The van der Waals surface area contributed by atoms with Crippen molar-refractivity contribution in [2.75, 3.05) is 0 Å². The van der Waals surface area contributed by atoms with E-state index in [4.69, 9.17) is 4.42 Å². The largest absolute Gasteiger partial charge is 0.455 e. The number of benzene rings is 2. The molecule has 0 aliphatic carbocycles.